The van der Waals surface area contributed by atoms with E-state index in [0.717, 1.165) is 41.7 Å². The Morgan fingerprint density at radius 3 is 2.37 bits per heavy atom. The second-order valence-corrected chi connectivity index (χ2v) is 6.85. The summed E-state index contributed by atoms with van der Waals surface area (Å²) in [6.07, 6.45) is 0.911. The van der Waals surface area contributed by atoms with Crippen molar-refractivity contribution in [2.45, 2.75) is 26.8 Å². The SMILES string of the molecule is CN=C(NCCc1ccc(OC)cc1)NCc1c(C)nn(-c2ccccc2)c1C.I. The summed E-state index contributed by atoms with van der Waals surface area (Å²) in [6, 6.07) is 18.3. The van der Waals surface area contributed by atoms with Crippen molar-refractivity contribution >= 4 is 29.9 Å². The van der Waals surface area contributed by atoms with Crippen molar-refractivity contribution in [3.05, 3.63) is 77.1 Å². The Bertz CT molecular complexity index is 952. The lowest BCUT2D eigenvalue weighted by Crippen LogP contribution is -2.38. The number of methoxy groups -OCH3 is 1. The van der Waals surface area contributed by atoms with Crippen LogP contribution >= 0.6 is 24.0 Å². The fourth-order valence-electron chi connectivity index (χ4n) is 3.26. The number of rotatable bonds is 7. The van der Waals surface area contributed by atoms with Crippen molar-refractivity contribution < 1.29 is 4.74 Å². The van der Waals surface area contributed by atoms with Crippen molar-refractivity contribution in [3.8, 4) is 11.4 Å². The van der Waals surface area contributed by atoms with Crippen molar-refractivity contribution in [1.82, 2.24) is 20.4 Å². The van der Waals surface area contributed by atoms with E-state index in [1.807, 2.05) is 41.9 Å². The van der Waals surface area contributed by atoms with Crippen LogP contribution in [0, 0.1) is 13.8 Å². The summed E-state index contributed by atoms with van der Waals surface area (Å²) in [5.74, 6) is 1.66. The molecule has 0 saturated carbocycles. The number of aryl methyl sites for hydroxylation is 1. The molecule has 0 amide bonds. The molecular formula is C23H30IN5O. The Morgan fingerprint density at radius 1 is 1.03 bits per heavy atom. The van der Waals surface area contributed by atoms with Gasteiger partial charge in [-0.3, -0.25) is 4.99 Å². The van der Waals surface area contributed by atoms with E-state index in [9.17, 15) is 0 Å². The van der Waals surface area contributed by atoms with Gasteiger partial charge in [0.2, 0.25) is 0 Å². The van der Waals surface area contributed by atoms with Crippen LogP contribution in [0.4, 0.5) is 0 Å². The van der Waals surface area contributed by atoms with E-state index in [1.54, 1.807) is 14.2 Å². The van der Waals surface area contributed by atoms with E-state index in [1.165, 1.54) is 11.1 Å². The zero-order valence-corrected chi connectivity index (χ0v) is 20.3. The lowest BCUT2D eigenvalue weighted by molar-refractivity contribution is 0.414. The molecule has 0 spiro atoms. The first-order chi connectivity index (χ1) is 14.1. The molecule has 2 N–H and O–H groups in total. The Morgan fingerprint density at radius 2 is 1.73 bits per heavy atom. The maximum Gasteiger partial charge on any atom is 0.191 e. The van der Waals surface area contributed by atoms with Gasteiger partial charge in [0.25, 0.3) is 0 Å². The van der Waals surface area contributed by atoms with Gasteiger partial charge in [-0.25, -0.2) is 4.68 Å². The first-order valence-corrected chi connectivity index (χ1v) is 9.80. The van der Waals surface area contributed by atoms with Crippen molar-refractivity contribution in [2.75, 3.05) is 20.7 Å². The predicted octanol–water partition coefficient (Wildman–Crippen LogP) is 4.02. The molecule has 0 unspecified atom stereocenters. The number of nitrogens with zero attached hydrogens (tertiary/aromatic N) is 3. The number of aromatic nitrogens is 2. The van der Waals surface area contributed by atoms with Gasteiger partial charge in [0, 0.05) is 31.4 Å². The molecule has 0 aliphatic carbocycles. The molecule has 1 aromatic heterocycles. The van der Waals surface area contributed by atoms with Crippen LogP contribution in [0.25, 0.3) is 5.69 Å². The molecule has 7 heteroatoms. The molecule has 6 nitrogen and oxygen atoms in total. The highest BCUT2D eigenvalue weighted by Gasteiger charge is 2.13. The Balaban J connectivity index is 0.00000320. The van der Waals surface area contributed by atoms with Gasteiger partial charge < -0.3 is 15.4 Å². The summed E-state index contributed by atoms with van der Waals surface area (Å²) in [4.78, 5) is 4.33. The summed E-state index contributed by atoms with van der Waals surface area (Å²) in [6.45, 7) is 5.62. The maximum absolute atomic E-state index is 5.20. The standard InChI is InChI=1S/C23H29N5O.HI/c1-17-22(18(2)28(27-17)20-8-6-5-7-9-20)16-26-23(24-3)25-15-14-19-10-12-21(29-4)13-11-19;/h5-13H,14-16H2,1-4H3,(H2,24,25,26);1H. The number of para-hydroxylation sites is 1. The van der Waals surface area contributed by atoms with Crippen LogP contribution < -0.4 is 15.4 Å². The maximum atomic E-state index is 5.20. The Labute approximate surface area is 195 Å². The van der Waals surface area contributed by atoms with Gasteiger partial charge in [-0.05, 0) is 50.1 Å². The third-order valence-corrected chi connectivity index (χ3v) is 4.96. The van der Waals surface area contributed by atoms with Crippen LogP contribution in [0.5, 0.6) is 5.75 Å². The van der Waals surface area contributed by atoms with E-state index in [2.05, 4.69) is 46.8 Å². The van der Waals surface area contributed by atoms with Crippen LogP contribution in [0.2, 0.25) is 0 Å². The van der Waals surface area contributed by atoms with Gasteiger partial charge in [0.1, 0.15) is 5.75 Å². The Kier molecular flexibility index (Phi) is 9.16. The molecule has 0 aliphatic rings. The third-order valence-electron chi connectivity index (χ3n) is 4.96. The van der Waals surface area contributed by atoms with Crippen LogP contribution in [0.15, 0.2) is 59.6 Å². The highest BCUT2D eigenvalue weighted by Crippen LogP contribution is 2.17. The minimum Gasteiger partial charge on any atom is -0.497 e. The Hall–Kier alpha value is -2.55. The molecule has 0 radical (unpaired) electrons. The molecule has 1 heterocycles. The lowest BCUT2D eigenvalue weighted by Gasteiger charge is -2.12. The summed E-state index contributed by atoms with van der Waals surface area (Å²) in [7, 11) is 3.47. The van der Waals surface area contributed by atoms with E-state index in [0.29, 0.717) is 6.54 Å². The molecule has 0 atom stereocenters. The fraction of sp³-hybridized carbons (Fsp3) is 0.304. The van der Waals surface area contributed by atoms with Crippen molar-refractivity contribution in [1.29, 1.82) is 0 Å². The predicted molar refractivity (Wildman–Crippen MR) is 133 cm³/mol. The van der Waals surface area contributed by atoms with Gasteiger partial charge >= 0.3 is 0 Å². The molecule has 2 aromatic carbocycles. The monoisotopic (exact) mass is 519 g/mol. The molecule has 0 fully saturated rings. The second kappa shape index (κ2) is 11.6. The number of hydrogen-bond acceptors (Lipinski definition) is 3. The van der Waals surface area contributed by atoms with Gasteiger partial charge in [0.15, 0.2) is 5.96 Å². The number of aliphatic imine (C=N–C) groups is 1. The minimum atomic E-state index is 0. The third kappa shape index (κ3) is 5.98. The number of halogens is 1. The highest BCUT2D eigenvalue weighted by atomic mass is 127. The van der Waals surface area contributed by atoms with Crippen LogP contribution in [0.3, 0.4) is 0 Å². The highest BCUT2D eigenvalue weighted by molar-refractivity contribution is 14.0. The largest absolute Gasteiger partial charge is 0.497 e. The lowest BCUT2D eigenvalue weighted by atomic mass is 10.1. The average molecular weight is 519 g/mol. The summed E-state index contributed by atoms with van der Waals surface area (Å²) in [5.41, 5.74) is 5.67. The quantitative estimate of drug-likeness (QED) is 0.281. The zero-order valence-electron chi connectivity index (χ0n) is 18.0. The molecule has 0 bridgehead atoms. The molecule has 0 aliphatic heterocycles. The topological polar surface area (TPSA) is 63.5 Å². The number of guanidine groups is 1. The first kappa shape index (κ1) is 23.7. The fourth-order valence-corrected chi connectivity index (χ4v) is 3.26. The first-order valence-electron chi connectivity index (χ1n) is 9.80. The van der Waals surface area contributed by atoms with Crippen LogP contribution in [-0.4, -0.2) is 36.4 Å². The smallest absolute Gasteiger partial charge is 0.191 e. The summed E-state index contributed by atoms with van der Waals surface area (Å²) >= 11 is 0. The van der Waals surface area contributed by atoms with E-state index in [-0.39, 0.29) is 24.0 Å². The second-order valence-electron chi connectivity index (χ2n) is 6.85. The summed E-state index contributed by atoms with van der Waals surface area (Å²) < 4.78 is 7.19. The number of hydrogen-bond donors (Lipinski definition) is 2. The molecule has 3 rings (SSSR count). The van der Waals surface area contributed by atoms with Gasteiger partial charge in [-0.1, -0.05) is 30.3 Å². The number of nitrogens with one attached hydrogen (secondary N) is 2. The van der Waals surface area contributed by atoms with Crippen LogP contribution in [-0.2, 0) is 13.0 Å². The van der Waals surface area contributed by atoms with E-state index < -0.39 is 0 Å². The molecule has 3 aromatic rings. The number of ether oxygens (including phenoxy) is 1. The van der Waals surface area contributed by atoms with Crippen LogP contribution in [0.1, 0.15) is 22.5 Å². The van der Waals surface area contributed by atoms with Gasteiger partial charge in [0.05, 0.1) is 18.5 Å². The number of benzene rings is 2. The van der Waals surface area contributed by atoms with E-state index in [4.69, 9.17) is 9.84 Å². The molecule has 30 heavy (non-hydrogen) atoms. The molecule has 0 saturated heterocycles. The molecular weight excluding hydrogens is 489 g/mol. The van der Waals surface area contributed by atoms with Gasteiger partial charge in [-0.15, -0.1) is 24.0 Å². The van der Waals surface area contributed by atoms with Gasteiger partial charge in [-0.2, -0.15) is 5.10 Å². The van der Waals surface area contributed by atoms with Crippen molar-refractivity contribution in [3.63, 3.8) is 0 Å². The van der Waals surface area contributed by atoms with E-state index >= 15 is 0 Å². The van der Waals surface area contributed by atoms with Crippen molar-refractivity contribution in [2.24, 2.45) is 4.99 Å². The summed E-state index contributed by atoms with van der Waals surface area (Å²) in [5, 5.41) is 11.5. The normalized spacial score (nSPS) is 11.0. The average Bonchev–Trinajstić information content (AvgIpc) is 3.05. The zero-order chi connectivity index (χ0) is 20.6. The molecule has 160 valence electrons. The minimum absolute atomic E-state index is 0.